The van der Waals surface area contributed by atoms with Gasteiger partial charge in [-0.1, -0.05) is 6.92 Å². The van der Waals surface area contributed by atoms with Gasteiger partial charge in [0.05, 0.1) is 5.52 Å². The molecular weight excluding hydrogens is 629 g/mol. The lowest BCUT2D eigenvalue weighted by Crippen LogP contribution is -2.47. The van der Waals surface area contributed by atoms with Crippen molar-refractivity contribution in [2.75, 3.05) is 5.32 Å². The SMILES string of the molecule is CC(=O)c1nn(CC(=O)N2[C@H](C(=O)Nc3nc(Br)c(F)cc3C)C[C@@]3(C)C[C@@H]23)c2c(C3CC3)cc(-c3cnc(C)nc3)cc12. The van der Waals surface area contributed by atoms with Gasteiger partial charge < -0.3 is 10.2 Å². The van der Waals surface area contributed by atoms with Crippen LogP contribution in [0.4, 0.5) is 10.2 Å². The topological polar surface area (TPSA) is 123 Å². The lowest BCUT2D eigenvalue weighted by molar-refractivity contribution is -0.138. The summed E-state index contributed by atoms with van der Waals surface area (Å²) in [5, 5.41) is 8.19. The molecule has 1 aliphatic heterocycles. The van der Waals surface area contributed by atoms with Crippen LogP contribution in [0.1, 0.15) is 72.9 Å². The van der Waals surface area contributed by atoms with Gasteiger partial charge in [0.25, 0.3) is 0 Å². The number of piperidine rings is 1. The smallest absolute Gasteiger partial charge is 0.248 e. The first-order chi connectivity index (χ1) is 20.9. The summed E-state index contributed by atoms with van der Waals surface area (Å²) >= 11 is 3.08. The van der Waals surface area contributed by atoms with E-state index in [4.69, 9.17) is 0 Å². The number of carbonyl (C=O) groups excluding carboxylic acids is 3. The first kappa shape index (κ1) is 28.7. The van der Waals surface area contributed by atoms with Crippen molar-refractivity contribution in [1.82, 2.24) is 29.6 Å². The maximum atomic E-state index is 14.1. The molecule has 12 heteroatoms. The summed E-state index contributed by atoms with van der Waals surface area (Å²) in [6.45, 7) is 6.95. The number of hydrogen-bond donors (Lipinski definition) is 1. The molecule has 3 aromatic heterocycles. The van der Waals surface area contributed by atoms with Gasteiger partial charge in [0, 0.05) is 36.3 Å². The quantitative estimate of drug-likeness (QED) is 0.205. The summed E-state index contributed by atoms with van der Waals surface area (Å²) in [5.41, 5.74) is 4.20. The van der Waals surface area contributed by atoms with Crippen LogP contribution in [0.15, 0.2) is 35.2 Å². The number of fused-ring (bicyclic) bond motifs is 2. The number of nitrogens with zero attached hydrogens (tertiary/aromatic N) is 6. The van der Waals surface area contributed by atoms with E-state index in [-0.39, 0.29) is 46.0 Å². The number of aryl methyl sites for hydroxylation is 2. The van der Waals surface area contributed by atoms with Crippen LogP contribution >= 0.6 is 15.9 Å². The predicted molar refractivity (Wildman–Crippen MR) is 165 cm³/mol. The molecule has 1 N–H and O–H groups in total. The van der Waals surface area contributed by atoms with Gasteiger partial charge in [0.1, 0.15) is 34.5 Å². The number of benzene rings is 1. The number of ketones is 1. The number of nitrogens with one attached hydrogen (secondary N) is 1. The number of pyridine rings is 1. The van der Waals surface area contributed by atoms with E-state index in [1.54, 1.807) is 28.9 Å². The molecule has 4 heterocycles. The Hall–Kier alpha value is -4.06. The number of halogens is 2. The van der Waals surface area contributed by atoms with Crippen molar-refractivity contribution < 1.29 is 18.8 Å². The second-order valence-electron chi connectivity index (χ2n) is 12.6. The van der Waals surface area contributed by atoms with Gasteiger partial charge in [-0.25, -0.2) is 19.3 Å². The number of anilines is 1. The highest BCUT2D eigenvalue weighted by atomic mass is 79.9. The van der Waals surface area contributed by atoms with E-state index >= 15 is 0 Å². The molecule has 1 saturated heterocycles. The normalized spacial score (nSPS) is 22.3. The minimum absolute atomic E-state index is 0.00364. The number of carbonyl (C=O) groups is 3. The number of Topliss-reactive ketones (excluding diaryl/α,β-unsaturated/α-hetero) is 1. The van der Waals surface area contributed by atoms with Crippen molar-refractivity contribution in [3.63, 3.8) is 0 Å². The van der Waals surface area contributed by atoms with Crippen molar-refractivity contribution in [1.29, 1.82) is 0 Å². The maximum absolute atomic E-state index is 14.1. The maximum Gasteiger partial charge on any atom is 0.248 e. The predicted octanol–water partition coefficient (Wildman–Crippen LogP) is 5.50. The second kappa shape index (κ2) is 10.3. The van der Waals surface area contributed by atoms with Gasteiger partial charge in [-0.15, -0.1) is 0 Å². The zero-order valence-corrected chi connectivity index (χ0v) is 26.4. The summed E-state index contributed by atoms with van der Waals surface area (Å²) < 4.78 is 15.6. The van der Waals surface area contributed by atoms with Crippen molar-refractivity contribution in [2.24, 2.45) is 5.41 Å². The van der Waals surface area contributed by atoms with Gasteiger partial charge in [-0.2, -0.15) is 5.10 Å². The summed E-state index contributed by atoms with van der Waals surface area (Å²) in [7, 11) is 0. The molecule has 2 saturated carbocycles. The number of aromatic nitrogens is 5. The molecule has 3 atom stereocenters. The molecule has 10 nitrogen and oxygen atoms in total. The van der Waals surface area contributed by atoms with Gasteiger partial charge in [0.2, 0.25) is 11.8 Å². The van der Waals surface area contributed by atoms with Gasteiger partial charge in [0.15, 0.2) is 11.6 Å². The summed E-state index contributed by atoms with van der Waals surface area (Å²) in [4.78, 5) is 55.0. The minimum atomic E-state index is -0.707. The molecule has 44 heavy (non-hydrogen) atoms. The fourth-order valence-electron chi connectivity index (χ4n) is 6.59. The Kier molecular flexibility index (Phi) is 6.69. The van der Waals surface area contributed by atoms with Gasteiger partial charge in [-0.3, -0.25) is 19.1 Å². The molecule has 0 unspecified atom stereocenters. The molecule has 0 bridgehead atoms. The third-order valence-electron chi connectivity index (χ3n) is 9.21. The van der Waals surface area contributed by atoms with Crippen LogP contribution in [0.25, 0.3) is 22.0 Å². The lowest BCUT2D eigenvalue weighted by atomic mass is 9.98. The fraction of sp³-hybridized carbons (Fsp3) is 0.406. The average Bonchev–Trinajstić information content (AvgIpc) is 3.87. The van der Waals surface area contributed by atoms with Crippen LogP contribution in [0, 0.1) is 25.1 Å². The molecule has 0 spiro atoms. The van der Waals surface area contributed by atoms with Crippen LogP contribution < -0.4 is 5.32 Å². The molecule has 2 aliphatic carbocycles. The largest absolute Gasteiger partial charge is 0.325 e. The molecule has 226 valence electrons. The van der Waals surface area contributed by atoms with Crippen LogP contribution in [0.3, 0.4) is 0 Å². The summed E-state index contributed by atoms with van der Waals surface area (Å²) in [5.74, 6) is -0.0927. The Balaban J connectivity index is 1.23. The number of hydrogen-bond acceptors (Lipinski definition) is 7. The highest BCUT2D eigenvalue weighted by molar-refractivity contribution is 9.10. The number of likely N-dealkylation sites (tertiary alicyclic amines) is 1. The molecule has 2 amide bonds. The molecule has 4 aromatic rings. The Bertz CT molecular complexity index is 1890. The average molecular weight is 661 g/mol. The van der Waals surface area contributed by atoms with E-state index in [1.165, 1.54) is 13.0 Å². The van der Waals surface area contributed by atoms with Crippen LogP contribution in [0.2, 0.25) is 0 Å². The first-order valence-corrected chi connectivity index (χ1v) is 15.5. The first-order valence-electron chi connectivity index (χ1n) is 14.7. The Labute approximate surface area is 261 Å². The third-order valence-corrected chi connectivity index (χ3v) is 9.77. The van der Waals surface area contributed by atoms with Crippen LogP contribution in [0.5, 0.6) is 0 Å². The van der Waals surface area contributed by atoms with Crippen molar-refractivity contribution in [2.45, 2.75) is 77.9 Å². The van der Waals surface area contributed by atoms with Crippen molar-refractivity contribution in [3.8, 4) is 11.1 Å². The highest BCUT2D eigenvalue weighted by Gasteiger charge is 2.64. The van der Waals surface area contributed by atoms with E-state index in [0.29, 0.717) is 34.8 Å². The monoisotopic (exact) mass is 659 g/mol. The van der Waals surface area contributed by atoms with Crippen molar-refractivity contribution >= 4 is 50.2 Å². The Morgan fingerprint density at radius 3 is 2.50 bits per heavy atom. The zero-order valence-electron chi connectivity index (χ0n) is 24.8. The Morgan fingerprint density at radius 2 is 1.82 bits per heavy atom. The Morgan fingerprint density at radius 1 is 1.09 bits per heavy atom. The lowest BCUT2D eigenvalue weighted by Gasteiger charge is -2.27. The van der Waals surface area contributed by atoms with Gasteiger partial charge >= 0.3 is 0 Å². The van der Waals surface area contributed by atoms with E-state index < -0.39 is 11.9 Å². The van der Waals surface area contributed by atoms with Crippen LogP contribution in [-0.2, 0) is 16.1 Å². The molecular formula is C32H31BrFN7O3. The van der Waals surface area contributed by atoms with Crippen molar-refractivity contribution in [3.05, 3.63) is 63.7 Å². The standard InChI is InChI=1S/C32H31BrFN7O3/c1-15-7-23(34)29(33)37-30(15)38-31(44)24-10-32(4)11-25(32)41(24)26(43)14-40-28-21(18-5-6-18)8-19(20-12-35-17(3)36-13-20)9-22(28)27(39-40)16(2)42/h7-9,12-13,18,24-25H,5-6,10-11,14H2,1-4H3,(H,37,38,44)/t24-,25+,32-/m0/s1. The molecule has 1 aromatic carbocycles. The number of rotatable bonds is 7. The highest BCUT2D eigenvalue weighted by Crippen LogP contribution is 2.59. The molecule has 7 rings (SSSR count). The third kappa shape index (κ3) is 4.89. The minimum Gasteiger partial charge on any atom is -0.325 e. The summed E-state index contributed by atoms with van der Waals surface area (Å²) in [6, 6.07) is 4.56. The second-order valence-corrected chi connectivity index (χ2v) is 13.4. The molecule has 0 radical (unpaired) electrons. The van der Waals surface area contributed by atoms with Gasteiger partial charge in [-0.05, 0) is 102 Å². The fourth-order valence-corrected chi connectivity index (χ4v) is 6.88. The summed E-state index contributed by atoms with van der Waals surface area (Å²) in [6.07, 6.45) is 6.90. The van der Waals surface area contributed by atoms with E-state index in [9.17, 15) is 18.8 Å². The van der Waals surface area contributed by atoms with E-state index in [1.807, 2.05) is 13.0 Å². The molecule has 3 fully saturated rings. The molecule has 3 aliphatic rings. The van der Waals surface area contributed by atoms with E-state index in [0.717, 1.165) is 41.5 Å². The van der Waals surface area contributed by atoms with Crippen LogP contribution in [-0.4, -0.2) is 59.3 Å². The van der Waals surface area contributed by atoms with E-state index in [2.05, 4.69) is 54.3 Å². The zero-order chi connectivity index (χ0) is 31.1. The number of amides is 2.